The summed E-state index contributed by atoms with van der Waals surface area (Å²) in [7, 11) is 1.27. The van der Waals surface area contributed by atoms with Crippen LogP contribution < -0.4 is 5.32 Å². The first kappa shape index (κ1) is 13.9. The Bertz CT molecular complexity index is 394. The van der Waals surface area contributed by atoms with Crippen molar-refractivity contribution >= 4 is 11.8 Å². The number of nitrogens with one attached hydrogen (secondary N) is 1. The van der Waals surface area contributed by atoms with Crippen LogP contribution in [0.15, 0.2) is 11.5 Å². The van der Waals surface area contributed by atoms with Gasteiger partial charge in [0.2, 0.25) is 11.7 Å². The summed E-state index contributed by atoms with van der Waals surface area (Å²) in [6.45, 7) is 1.65. The van der Waals surface area contributed by atoms with Gasteiger partial charge in [0.1, 0.15) is 0 Å². The maximum absolute atomic E-state index is 11.9. The number of carbonyl (C=O) groups is 2. The third-order valence-electron chi connectivity index (χ3n) is 3.72. The number of ether oxygens (including phenoxy) is 2. The molecule has 1 aliphatic carbocycles. The zero-order valence-corrected chi connectivity index (χ0v) is 11.5. The van der Waals surface area contributed by atoms with Crippen molar-refractivity contribution in [2.75, 3.05) is 7.11 Å². The molecule has 1 atom stereocenters. The fraction of sp³-hybridized carbons (Fsp3) is 0.714. The topological polar surface area (TPSA) is 64.6 Å². The smallest absolute Gasteiger partial charge is 0.347 e. The molecule has 5 nitrogen and oxygen atoms in total. The van der Waals surface area contributed by atoms with Crippen LogP contribution in [-0.2, 0) is 19.1 Å². The third-order valence-corrected chi connectivity index (χ3v) is 3.72. The van der Waals surface area contributed by atoms with Gasteiger partial charge in [0.05, 0.1) is 7.11 Å². The van der Waals surface area contributed by atoms with Crippen molar-refractivity contribution in [2.24, 2.45) is 0 Å². The molecule has 5 heteroatoms. The lowest BCUT2D eigenvalue weighted by Crippen LogP contribution is -2.29. The van der Waals surface area contributed by atoms with E-state index in [0.29, 0.717) is 5.88 Å². The van der Waals surface area contributed by atoms with Gasteiger partial charge in [-0.05, 0) is 19.8 Å². The standard InChI is InChI=1S/C14H21NO4/c1-9-12(16)11(14(17)18-2)13(19-9)15-10-7-5-3-4-6-8-10/h9-10,15H,3-8H2,1-2H3. The molecule has 0 spiro atoms. The molecule has 0 aromatic carbocycles. The van der Waals surface area contributed by atoms with E-state index in [0.717, 1.165) is 12.8 Å². The van der Waals surface area contributed by atoms with E-state index in [9.17, 15) is 9.59 Å². The summed E-state index contributed by atoms with van der Waals surface area (Å²) < 4.78 is 10.1. The van der Waals surface area contributed by atoms with E-state index in [-0.39, 0.29) is 17.4 Å². The molecule has 0 aromatic heterocycles. The van der Waals surface area contributed by atoms with Gasteiger partial charge in [-0.25, -0.2) is 4.79 Å². The predicted octanol–water partition coefficient (Wildman–Crippen LogP) is 1.67. The number of hydrogen-bond donors (Lipinski definition) is 1. The number of carbonyl (C=O) groups excluding carboxylic acids is 2. The van der Waals surface area contributed by atoms with Gasteiger partial charge in [-0.1, -0.05) is 25.7 Å². The Kier molecular flexibility index (Phi) is 4.45. The van der Waals surface area contributed by atoms with E-state index in [2.05, 4.69) is 10.1 Å². The molecule has 1 heterocycles. The highest BCUT2D eigenvalue weighted by molar-refractivity contribution is 6.20. The number of Topliss-reactive ketones (excluding diaryl/α,β-unsaturated/α-hetero) is 1. The minimum absolute atomic E-state index is 0.0271. The molecule has 0 aromatic rings. The Balaban J connectivity index is 2.12. The number of esters is 1. The van der Waals surface area contributed by atoms with Gasteiger partial charge < -0.3 is 14.8 Å². The van der Waals surface area contributed by atoms with Crippen LogP contribution in [-0.4, -0.2) is 31.0 Å². The molecule has 2 rings (SSSR count). The van der Waals surface area contributed by atoms with Crippen LogP contribution in [0.4, 0.5) is 0 Å². The second kappa shape index (κ2) is 6.08. The molecule has 0 amide bonds. The van der Waals surface area contributed by atoms with Gasteiger partial charge in [-0.3, -0.25) is 4.79 Å². The molecule has 1 aliphatic heterocycles. The monoisotopic (exact) mass is 267 g/mol. The van der Waals surface area contributed by atoms with Crippen molar-refractivity contribution in [3.8, 4) is 0 Å². The molecular formula is C14H21NO4. The largest absolute Gasteiger partial charge is 0.467 e. The van der Waals surface area contributed by atoms with E-state index in [1.54, 1.807) is 6.92 Å². The second-order valence-electron chi connectivity index (χ2n) is 5.15. The average Bonchev–Trinajstić information content (AvgIpc) is 2.61. The molecule has 0 saturated heterocycles. The summed E-state index contributed by atoms with van der Waals surface area (Å²) >= 11 is 0. The molecule has 1 unspecified atom stereocenters. The first-order valence-corrected chi connectivity index (χ1v) is 6.93. The van der Waals surface area contributed by atoms with Crippen molar-refractivity contribution in [3.63, 3.8) is 0 Å². The first-order chi connectivity index (χ1) is 9.13. The van der Waals surface area contributed by atoms with E-state index >= 15 is 0 Å². The summed E-state index contributed by atoms with van der Waals surface area (Å²) in [4.78, 5) is 23.6. The highest BCUT2D eigenvalue weighted by Crippen LogP contribution is 2.24. The van der Waals surface area contributed by atoms with Crippen molar-refractivity contribution in [1.82, 2.24) is 5.32 Å². The molecule has 106 valence electrons. The average molecular weight is 267 g/mol. The van der Waals surface area contributed by atoms with Crippen molar-refractivity contribution in [2.45, 2.75) is 57.6 Å². The van der Waals surface area contributed by atoms with Crippen LogP contribution in [0.3, 0.4) is 0 Å². The number of ketones is 1. The van der Waals surface area contributed by atoms with E-state index in [4.69, 9.17) is 4.74 Å². The molecule has 19 heavy (non-hydrogen) atoms. The lowest BCUT2D eigenvalue weighted by Gasteiger charge is -2.18. The van der Waals surface area contributed by atoms with Gasteiger partial charge in [0, 0.05) is 6.04 Å². The molecule has 1 saturated carbocycles. The highest BCUT2D eigenvalue weighted by atomic mass is 16.5. The molecular weight excluding hydrogens is 246 g/mol. The van der Waals surface area contributed by atoms with Crippen LogP contribution >= 0.6 is 0 Å². The quantitative estimate of drug-likeness (QED) is 0.479. The predicted molar refractivity (Wildman–Crippen MR) is 69.2 cm³/mol. The summed E-state index contributed by atoms with van der Waals surface area (Å²) in [5, 5.41) is 3.22. The van der Waals surface area contributed by atoms with Crippen LogP contribution in [0.25, 0.3) is 0 Å². The number of rotatable bonds is 3. The fourth-order valence-corrected chi connectivity index (χ4v) is 2.62. The normalized spacial score (nSPS) is 24.9. The van der Waals surface area contributed by atoms with Gasteiger partial charge in [0.15, 0.2) is 11.7 Å². The Labute approximate surface area is 113 Å². The number of methoxy groups -OCH3 is 1. The molecule has 2 aliphatic rings. The van der Waals surface area contributed by atoms with Crippen LogP contribution in [0.2, 0.25) is 0 Å². The second-order valence-corrected chi connectivity index (χ2v) is 5.15. The minimum Gasteiger partial charge on any atom is -0.467 e. The molecule has 0 radical (unpaired) electrons. The summed E-state index contributed by atoms with van der Waals surface area (Å²) in [5.41, 5.74) is 0.0271. The Morgan fingerprint density at radius 3 is 2.47 bits per heavy atom. The molecule has 1 N–H and O–H groups in total. The van der Waals surface area contributed by atoms with Gasteiger partial charge in [-0.2, -0.15) is 0 Å². The Morgan fingerprint density at radius 2 is 1.89 bits per heavy atom. The Morgan fingerprint density at radius 1 is 1.26 bits per heavy atom. The summed E-state index contributed by atoms with van der Waals surface area (Å²) in [6.07, 6.45) is 6.31. The van der Waals surface area contributed by atoms with Crippen LogP contribution in [0.5, 0.6) is 0 Å². The molecule has 0 bridgehead atoms. The number of hydrogen-bond acceptors (Lipinski definition) is 5. The minimum atomic E-state index is -0.620. The highest BCUT2D eigenvalue weighted by Gasteiger charge is 2.38. The van der Waals surface area contributed by atoms with Crippen LogP contribution in [0.1, 0.15) is 45.4 Å². The maximum Gasteiger partial charge on any atom is 0.347 e. The lowest BCUT2D eigenvalue weighted by atomic mass is 10.1. The van der Waals surface area contributed by atoms with Crippen molar-refractivity contribution in [3.05, 3.63) is 11.5 Å². The van der Waals surface area contributed by atoms with Crippen molar-refractivity contribution < 1.29 is 19.1 Å². The van der Waals surface area contributed by atoms with Crippen molar-refractivity contribution in [1.29, 1.82) is 0 Å². The zero-order valence-electron chi connectivity index (χ0n) is 11.5. The Hall–Kier alpha value is -1.52. The first-order valence-electron chi connectivity index (χ1n) is 6.93. The zero-order chi connectivity index (χ0) is 13.8. The summed E-state index contributed by atoms with van der Waals surface area (Å²) in [6, 6.07) is 0.273. The SMILES string of the molecule is COC(=O)C1=C(NC2CCCCCC2)OC(C)C1=O. The lowest BCUT2D eigenvalue weighted by molar-refractivity contribution is -0.137. The van der Waals surface area contributed by atoms with Crippen LogP contribution in [0, 0.1) is 0 Å². The van der Waals surface area contributed by atoms with E-state index in [1.165, 1.54) is 32.8 Å². The van der Waals surface area contributed by atoms with Gasteiger partial charge in [-0.15, -0.1) is 0 Å². The van der Waals surface area contributed by atoms with E-state index in [1.807, 2.05) is 0 Å². The molecule has 1 fully saturated rings. The van der Waals surface area contributed by atoms with Gasteiger partial charge in [0.25, 0.3) is 0 Å². The fourth-order valence-electron chi connectivity index (χ4n) is 2.62. The summed E-state index contributed by atoms with van der Waals surface area (Å²) in [5.74, 6) is -0.621. The van der Waals surface area contributed by atoms with Gasteiger partial charge >= 0.3 is 5.97 Å². The maximum atomic E-state index is 11.9. The van der Waals surface area contributed by atoms with E-state index < -0.39 is 12.1 Å². The third kappa shape index (κ3) is 3.08.